The fraction of sp³-hybridized carbons (Fsp3) is 0.480. The van der Waals surface area contributed by atoms with Crippen LogP contribution in [0.4, 0.5) is 5.00 Å². The van der Waals surface area contributed by atoms with Crippen molar-refractivity contribution < 1.29 is 19.0 Å². The summed E-state index contributed by atoms with van der Waals surface area (Å²) in [5.74, 6) is 1.17. The number of fused-ring (bicyclic) bond motifs is 1. The number of rotatable bonds is 7. The summed E-state index contributed by atoms with van der Waals surface area (Å²) in [4.78, 5) is 17.6. The van der Waals surface area contributed by atoms with Gasteiger partial charge in [-0.3, -0.25) is 0 Å². The predicted octanol–water partition coefficient (Wildman–Crippen LogP) is 6.08. The molecule has 0 saturated heterocycles. The summed E-state index contributed by atoms with van der Waals surface area (Å²) in [6.07, 6.45) is 4.79. The number of aliphatic imine (C=N–C) groups is 1. The molecule has 0 N–H and O–H groups in total. The van der Waals surface area contributed by atoms with Gasteiger partial charge in [-0.15, -0.1) is 11.3 Å². The highest BCUT2D eigenvalue weighted by molar-refractivity contribution is 14.1. The lowest BCUT2D eigenvalue weighted by atomic mass is 9.72. The van der Waals surface area contributed by atoms with Gasteiger partial charge in [-0.25, -0.2) is 9.79 Å². The van der Waals surface area contributed by atoms with Crippen molar-refractivity contribution in [3.05, 3.63) is 37.3 Å². The van der Waals surface area contributed by atoms with E-state index in [9.17, 15) is 10.1 Å². The number of carbonyl (C=O) groups excluding carboxylic acids is 1. The van der Waals surface area contributed by atoms with Gasteiger partial charge in [0, 0.05) is 11.1 Å². The summed E-state index contributed by atoms with van der Waals surface area (Å²) in [6, 6.07) is 6.09. The summed E-state index contributed by atoms with van der Waals surface area (Å²) in [7, 11) is 1.55. The third-order valence-electron chi connectivity index (χ3n) is 5.81. The first-order chi connectivity index (χ1) is 15.7. The number of benzene rings is 1. The second-order valence-corrected chi connectivity index (χ2v) is 11.2. The Hall–Kier alpha value is -2.12. The molecular weight excluding hydrogens is 551 g/mol. The number of hydrogen-bond donors (Lipinski definition) is 0. The molecule has 1 aliphatic rings. The molecule has 0 fully saturated rings. The SMILES string of the molecule is CCOC(=O)COc1c(I)cc(C=Nc2sc3c(c2C#N)CC[C@H](C(C)(C)C)C3)cc1OC. The van der Waals surface area contributed by atoms with Crippen LogP contribution < -0.4 is 9.47 Å². The van der Waals surface area contributed by atoms with Gasteiger partial charge in [0.05, 0.1) is 22.9 Å². The number of carbonyl (C=O) groups is 1. The lowest BCUT2D eigenvalue weighted by Gasteiger charge is -2.33. The molecule has 0 spiro atoms. The molecule has 6 nitrogen and oxygen atoms in total. The van der Waals surface area contributed by atoms with Gasteiger partial charge in [-0.1, -0.05) is 20.8 Å². The molecule has 0 unspecified atom stereocenters. The standard InChI is InChI=1S/C25H29IN2O4S/c1-6-31-22(29)14-32-23-19(26)9-15(10-20(23)30-5)13-28-24-18(12-27)17-8-7-16(25(2,3)4)11-21(17)33-24/h9-10,13,16H,6-8,11,14H2,1-5H3/t16-/m0/s1. The van der Waals surface area contributed by atoms with Crippen molar-refractivity contribution >= 4 is 51.1 Å². The van der Waals surface area contributed by atoms with Gasteiger partial charge in [0.15, 0.2) is 18.1 Å². The van der Waals surface area contributed by atoms with Crippen molar-refractivity contribution in [1.82, 2.24) is 0 Å². The molecule has 1 aromatic carbocycles. The number of halogens is 1. The fourth-order valence-corrected chi connectivity index (χ4v) is 5.94. The quantitative estimate of drug-likeness (QED) is 0.226. The van der Waals surface area contributed by atoms with Crippen molar-refractivity contribution in [1.29, 1.82) is 5.26 Å². The molecule has 0 aliphatic heterocycles. The number of nitrogens with zero attached hydrogens (tertiary/aromatic N) is 2. The van der Waals surface area contributed by atoms with Crippen LogP contribution in [0.25, 0.3) is 0 Å². The van der Waals surface area contributed by atoms with Crippen LogP contribution in [0.15, 0.2) is 17.1 Å². The molecular formula is C25H29IN2O4S. The zero-order valence-electron chi connectivity index (χ0n) is 19.7. The van der Waals surface area contributed by atoms with Crippen LogP contribution in [0, 0.1) is 26.2 Å². The van der Waals surface area contributed by atoms with E-state index >= 15 is 0 Å². The molecule has 33 heavy (non-hydrogen) atoms. The largest absolute Gasteiger partial charge is 0.493 e. The van der Waals surface area contributed by atoms with Gasteiger partial charge in [-0.05, 0) is 83.4 Å². The van der Waals surface area contributed by atoms with E-state index in [0.29, 0.717) is 29.6 Å². The maximum Gasteiger partial charge on any atom is 0.344 e. The van der Waals surface area contributed by atoms with Gasteiger partial charge in [0.2, 0.25) is 0 Å². The Labute approximate surface area is 213 Å². The van der Waals surface area contributed by atoms with E-state index < -0.39 is 5.97 Å². The van der Waals surface area contributed by atoms with Gasteiger partial charge in [0.25, 0.3) is 0 Å². The Morgan fingerprint density at radius 3 is 2.79 bits per heavy atom. The van der Waals surface area contributed by atoms with Crippen LogP contribution in [-0.2, 0) is 22.4 Å². The number of nitriles is 1. The smallest absolute Gasteiger partial charge is 0.344 e. The Kier molecular flexibility index (Phi) is 8.40. The topological polar surface area (TPSA) is 80.9 Å². The molecule has 0 radical (unpaired) electrons. The Balaban J connectivity index is 1.84. The average Bonchev–Trinajstić information content (AvgIpc) is 3.12. The highest BCUT2D eigenvalue weighted by atomic mass is 127. The maximum absolute atomic E-state index is 11.6. The summed E-state index contributed by atoms with van der Waals surface area (Å²) >= 11 is 3.77. The molecule has 8 heteroatoms. The number of methoxy groups -OCH3 is 1. The van der Waals surface area contributed by atoms with Crippen LogP contribution in [-0.4, -0.2) is 32.5 Å². The monoisotopic (exact) mass is 580 g/mol. The molecule has 1 atom stereocenters. The van der Waals surface area contributed by atoms with E-state index in [1.807, 2.05) is 6.07 Å². The van der Waals surface area contributed by atoms with E-state index in [1.165, 1.54) is 10.4 Å². The Bertz CT molecular complexity index is 1100. The number of ether oxygens (including phenoxy) is 3. The Morgan fingerprint density at radius 2 is 2.15 bits per heavy atom. The van der Waals surface area contributed by atoms with Crippen molar-refractivity contribution in [2.75, 3.05) is 20.3 Å². The molecule has 1 heterocycles. The zero-order valence-corrected chi connectivity index (χ0v) is 22.6. The predicted molar refractivity (Wildman–Crippen MR) is 139 cm³/mol. The minimum absolute atomic E-state index is 0.185. The second kappa shape index (κ2) is 10.9. The highest BCUT2D eigenvalue weighted by Gasteiger charge is 2.32. The highest BCUT2D eigenvalue weighted by Crippen LogP contribution is 2.45. The van der Waals surface area contributed by atoms with Crippen molar-refractivity contribution in [2.24, 2.45) is 16.3 Å². The van der Waals surface area contributed by atoms with Crippen LogP contribution >= 0.6 is 33.9 Å². The second-order valence-electron chi connectivity index (χ2n) is 8.99. The van der Waals surface area contributed by atoms with Crippen LogP contribution in [0.1, 0.15) is 55.7 Å². The van der Waals surface area contributed by atoms with Crippen LogP contribution in [0.3, 0.4) is 0 Å². The maximum atomic E-state index is 11.6. The number of thiophene rings is 1. The lowest BCUT2D eigenvalue weighted by molar-refractivity contribution is -0.145. The molecule has 1 aliphatic carbocycles. The molecule has 0 amide bonds. The van der Waals surface area contributed by atoms with E-state index in [0.717, 1.165) is 33.4 Å². The third kappa shape index (κ3) is 6.07. The molecule has 0 bridgehead atoms. The molecule has 2 aromatic rings. The number of esters is 1. The van der Waals surface area contributed by atoms with Crippen LogP contribution in [0.5, 0.6) is 11.5 Å². The number of hydrogen-bond acceptors (Lipinski definition) is 7. The van der Waals surface area contributed by atoms with Gasteiger partial charge in [-0.2, -0.15) is 5.26 Å². The van der Waals surface area contributed by atoms with Crippen LogP contribution in [0.2, 0.25) is 0 Å². The first-order valence-electron chi connectivity index (χ1n) is 10.9. The molecule has 176 valence electrons. The van der Waals surface area contributed by atoms with Crippen molar-refractivity contribution in [3.8, 4) is 17.6 Å². The first kappa shape index (κ1) is 25.5. The van der Waals surface area contributed by atoms with E-state index in [4.69, 9.17) is 14.2 Å². The Morgan fingerprint density at radius 1 is 1.39 bits per heavy atom. The average molecular weight is 580 g/mol. The van der Waals surface area contributed by atoms with Gasteiger partial charge >= 0.3 is 5.97 Å². The first-order valence-corrected chi connectivity index (χ1v) is 12.8. The summed E-state index contributed by atoms with van der Waals surface area (Å²) in [6.45, 7) is 8.73. The van der Waals surface area contributed by atoms with Crippen molar-refractivity contribution in [3.63, 3.8) is 0 Å². The zero-order chi connectivity index (χ0) is 24.2. The lowest BCUT2D eigenvalue weighted by Crippen LogP contribution is -2.26. The summed E-state index contributed by atoms with van der Waals surface area (Å²) in [5.41, 5.74) is 2.95. The van der Waals surface area contributed by atoms with Crippen molar-refractivity contribution in [2.45, 2.75) is 47.0 Å². The molecule has 0 saturated carbocycles. The fourth-order valence-electron chi connectivity index (χ4n) is 3.94. The third-order valence-corrected chi connectivity index (χ3v) is 7.77. The summed E-state index contributed by atoms with van der Waals surface area (Å²) in [5, 5.41) is 10.6. The van der Waals surface area contributed by atoms with E-state index in [-0.39, 0.29) is 12.0 Å². The van der Waals surface area contributed by atoms with Gasteiger partial charge < -0.3 is 14.2 Å². The van der Waals surface area contributed by atoms with Gasteiger partial charge in [0.1, 0.15) is 11.1 Å². The van der Waals surface area contributed by atoms with E-state index in [2.05, 4.69) is 54.4 Å². The summed E-state index contributed by atoms with van der Waals surface area (Å²) < 4.78 is 16.8. The molecule has 3 rings (SSSR count). The minimum atomic E-state index is -0.430. The van der Waals surface area contributed by atoms with E-state index in [1.54, 1.807) is 37.7 Å². The molecule has 1 aromatic heterocycles. The normalized spacial score (nSPS) is 15.7. The minimum Gasteiger partial charge on any atom is -0.493 e.